The number of fused-ring (bicyclic) bond motifs is 2. The van der Waals surface area contributed by atoms with Crippen LogP contribution < -0.4 is 5.32 Å². The highest BCUT2D eigenvalue weighted by atomic mass is 32.1. The van der Waals surface area contributed by atoms with Crippen LogP contribution in [0.2, 0.25) is 0 Å². The SMILES string of the molecule is O=C(N[C@@H]1C[C@@H]2OCCC[C@@H]21)c1cc2sccc2[nH]1. The molecule has 3 heterocycles. The summed E-state index contributed by atoms with van der Waals surface area (Å²) in [6, 6.07) is 4.23. The molecule has 4 nitrogen and oxygen atoms in total. The second kappa shape index (κ2) is 4.35. The predicted molar refractivity (Wildman–Crippen MR) is 74.5 cm³/mol. The summed E-state index contributed by atoms with van der Waals surface area (Å²) in [5.74, 6) is 0.534. The van der Waals surface area contributed by atoms with Crippen molar-refractivity contribution in [2.75, 3.05) is 6.61 Å². The highest BCUT2D eigenvalue weighted by Gasteiger charge is 2.44. The quantitative estimate of drug-likeness (QED) is 0.885. The molecule has 0 radical (unpaired) electrons. The van der Waals surface area contributed by atoms with Crippen LogP contribution >= 0.6 is 11.3 Å². The van der Waals surface area contributed by atoms with Crippen LogP contribution in [0.15, 0.2) is 17.5 Å². The minimum absolute atomic E-state index is 0.0115. The van der Waals surface area contributed by atoms with Crippen molar-refractivity contribution in [3.05, 3.63) is 23.2 Å². The first-order valence-corrected chi connectivity index (χ1v) is 7.68. The van der Waals surface area contributed by atoms with Gasteiger partial charge in [0.2, 0.25) is 0 Å². The number of hydrogen-bond donors (Lipinski definition) is 2. The third-order valence-electron chi connectivity index (χ3n) is 4.30. The van der Waals surface area contributed by atoms with E-state index in [0.717, 1.165) is 29.7 Å². The fourth-order valence-corrected chi connectivity index (χ4v) is 3.96. The van der Waals surface area contributed by atoms with E-state index in [9.17, 15) is 4.79 Å². The van der Waals surface area contributed by atoms with Crippen LogP contribution in [0.1, 0.15) is 29.8 Å². The highest BCUT2D eigenvalue weighted by molar-refractivity contribution is 7.17. The van der Waals surface area contributed by atoms with Crippen LogP contribution in [-0.4, -0.2) is 29.6 Å². The van der Waals surface area contributed by atoms with E-state index >= 15 is 0 Å². The van der Waals surface area contributed by atoms with Gasteiger partial charge in [0.25, 0.3) is 5.91 Å². The second-order valence-electron chi connectivity index (χ2n) is 5.41. The zero-order chi connectivity index (χ0) is 12.8. The first-order chi connectivity index (χ1) is 9.31. The zero-order valence-electron chi connectivity index (χ0n) is 10.5. The lowest BCUT2D eigenvalue weighted by Gasteiger charge is -2.47. The van der Waals surface area contributed by atoms with Crippen LogP contribution in [0.4, 0.5) is 0 Å². The van der Waals surface area contributed by atoms with Gasteiger partial charge in [-0.2, -0.15) is 0 Å². The molecular formula is C14H16N2O2S. The van der Waals surface area contributed by atoms with Crippen LogP contribution in [0.25, 0.3) is 10.2 Å². The first kappa shape index (κ1) is 11.5. The van der Waals surface area contributed by atoms with Crippen molar-refractivity contribution in [2.24, 2.45) is 5.92 Å². The van der Waals surface area contributed by atoms with Gasteiger partial charge in [-0.05, 0) is 36.8 Å². The van der Waals surface area contributed by atoms with Gasteiger partial charge < -0.3 is 15.0 Å². The molecule has 1 aliphatic heterocycles. The molecule has 0 unspecified atom stereocenters. The summed E-state index contributed by atoms with van der Waals surface area (Å²) in [5.41, 5.74) is 1.71. The van der Waals surface area contributed by atoms with Crippen molar-refractivity contribution in [1.29, 1.82) is 0 Å². The second-order valence-corrected chi connectivity index (χ2v) is 6.36. The maximum atomic E-state index is 12.2. The summed E-state index contributed by atoms with van der Waals surface area (Å²) in [4.78, 5) is 15.4. The Morgan fingerprint density at radius 3 is 3.32 bits per heavy atom. The van der Waals surface area contributed by atoms with Crippen molar-refractivity contribution in [2.45, 2.75) is 31.4 Å². The highest BCUT2D eigenvalue weighted by Crippen LogP contribution is 2.37. The molecule has 2 aromatic heterocycles. The van der Waals surface area contributed by atoms with Gasteiger partial charge in [-0.3, -0.25) is 4.79 Å². The number of carbonyl (C=O) groups is 1. The van der Waals surface area contributed by atoms with E-state index in [1.165, 1.54) is 6.42 Å². The smallest absolute Gasteiger partial charge is 0.267 e. The molecule has 2 aromatic rings. The minimum Gasteiger partial charge on any atom is -0.378 e. The summed E-state index contributed by atoms with van der Waals surface area (Å²) >= 11 is 1.65. The fourth-order valence-electron chi connectivity index (χ4n) is 3.18. The van der Waals surface area contributed by atoms with E-state index in [4.69, 9.17) is 4.74 Å². The van der Waals surface area contributed by atoms with E-state index in [-0.39, 0.29) is 5.91 Å². The maximum Gasteiger partial charge on any atom is 0.267 e. The van der Waals surface area contributed by atoms with Gasteiger partial charge in [0.1, 0.15) is 5.69 Å². The molecule has 0 bridgehead atoms. The molecule has 0 spiro atoms. The van der Waals surface area contributed by atoms with Gasteiger partial charge in [-0.1, -0.05) is 0 Å². The molecule has 2 aliphatic rings. The number of H-pyrrole nitrogens is 1. The van der Waals surface area contributed by atoms with Gasteiger partial charge in [0.15, 0.2) is 0 Å². The molecule has 100 valence electrons. The number of amides is 1. The monoisotopic (exact) mass is 276 g/mol. The van der Waals surface area contributed by atoms with Gasteiger partial charge >= 0.3 is 0 Å². The van der Waals surface area contributed by atoms with Gasteiger partial charge in [-0.25, -0.2) is 0 Å². The molecule has 2 fully saturated rings. The topological polar surface area (TPSA) is 54.1 Å². The number of ether oxygens (including phenoxy) is 1. The third kappa shape index (κ3) is 1.88. The first-order valence-electron chi connectivity index (χ1n) is 6.80. The molecule has 1 saturated heterocycles. The van der Waals surface area contributed by atoms with Gasteiger partial charge in [0.05, 0.1) is 16.3 Å². The van der Waals surface area contributed by atoms with Crippen molar-refractivity contribution in [1.82, 2.24) is 10.3 Å². The van der Waals surface area contributed by atoms with E-state index in [0.29, 0.717) is 23.8 Å². The lowest BCUT2D eigenvalue weighted by Crippen LogP contribution is -2.57. The Bertz CT molecular complexity index is 589. The lowest BCUT2D eigenvalue weighted by atomic mass is 9.72. The van der Waals surface area contributed by atoms with E-state index < -0.39 is 0 Å². The molecule has 4 rings (SSSR count). The normalized spacial score (nSPS) is 29.8. The lowest BCUT2D eigenvalue weighted by molar-refractivity contribution is -0.100. The molecule has 19 heavy (non-hydrogen) atoms. The summed E-state index contributed by atoms with van der Waals surface area (Å²) in [6.45, 7) is 0.884. The van der Waals surface area contributed by atoms with Crippen LogP contribution in [0, 0.1) is 5.92 Å². The Labute approximate surface area is 115 Å². The molecule has 0 aromatic carbocycles. The Hall–Kier alpha value is -1.33. The Morgan fingerprint density at radius 1 is 1.53 bits per heavy atom. The summed E-state index contributed by atoms with van der Waals surface area (Å²) < 4.78 is 6.81. The minimum atomic E-state index is 0.0115. The standard InChI is InChI=1S/C14H16N2O2S/c17-14(11-7-13-9(15-11)3-5-19-13)16-10-6-12-8(10)2-1-4-18-12/h3,5,7-8,10,12,15H,1-2,4,6H2,(H,16,17)/t8-,10-,12+/m1/s1. The number of aromatic amines is 1. The zero-order valence-corrected chi connectivity index (χ0v) is 11.3. The van der Waals surface area contributed by atoms with Crippen LogP contribution in [-0.2, 0) is 4.74 Å². The van der Waals surface area contributed by atoms with Crippen LogP contribution in [0.5, 0.6) is 0 Å². The summed E-state index contributed by atoms with van der Waals surface area (Å²) in [7, 11) is 0. The molecule has 1 amide bonds. The third-order valence-corrected chi connectivity index (χ3v) is 5.16. The van der Waals surface area contributed by atoms with Gasteiger partial charge in [0, 0.05) is 18.6 Å². The van der Waals surface area contributed by atoms with Crippen LogP contribution in [0.3, 0.4) is 0 Å². The number of thiophene rings is 1. The average molecular weight is 276 g/mol. The largest absolute Gasteiger partial charge is 0.378 e. The van der Waals surface area contributed by atoms with Gasteiger partial charge in [-0.15, -0.1) is 11.3 Å². The Morgan fingerprint density at radius 2 is 2.47 bits per heavy atom. The average Bonchev–Trinajstić information content (AvgIpc) is 2.96. The van der Waals surface area contributed by atoms with Crippen molar-refractivity contribution in [3.8, 4) is 0 Å². The van der Waals surface area contributed by atoms with E-state index in [1.807, 2.05) is 17.5 Å². The summed E-state index contributed by atoms with van der Waals surface area (Å²) in [5, 5.41) is 5.16. The van der Waals surface area contributed by atoms with E-state index in [1.54, 1.807) is 11.3 Å². The number of carbonyl (C=O) groups excluding carboxylic acids is 1. The predicted octanol–water partition coefficient (Wildman–Crippen LogP) is 2.53. The number of rotatable bonds is 2. The number of hydrogen-bond acceptors (Lipinski definition) is 3. The van der Waals surface area contributed by atoms with Crippen molar-refractivity contribution in [3.63, 3.8) is 0 Å². The maximum absolute atomic E-state index is 12.2. The Kier molecular flexibility index (Phi) is 2.63. The molecule has 1 aliphatic carbocycles. The van der Waals surface area contributed by atoms with E-state index in [2.05, 4.69) is 10.3 Å². The molecular weight excluding hydrogens is 260 g/mol. The Balaban J connectivity index is 1.45. The number of aromatic nitrogens is 1. The molecule has 1 saturated carbocycles. The fraction of sp³-hybridized carbons (Fsp3) is 0.500. The molecule has 2 N–H and O–H groups in total. The molecule has 3 atom stereocenters. The number of nitrogens with one attached hydrogen (secondary N) is 2. The van der Waals surface area contributed by atoms with Crippen molar-refractivity contribution >= 4 is 27.5 Å². The van der Waals surface area contributed by atoms with Crippen molar-refractivity contribution < 1.29 is 9.53 Å². The molecule has 5 heteroatoms. The summed E-state index contributed by atoms with van der Waals surface area (Å²) in [6.07, 6.45) is 3.64.